The molecule has 0 radical (unpaired) electrons. The molecular formula is C16H24N2O4S. The van der Waals surface area contributed by atoms with E-state index in [0.29, 0.717) is 5.69 Å². The second-order valence-electron chi connectivity index (χ2n) is 6.30. The number of ether oxygens (including phenoxy) is 1. The topological polar surface area (TPSA) is 84.5 Å². The molecule has 2 rings (SSSR count). The molecule has 1 aliphatic carbocycles. The number of nitrogens with one attached hydrogen (secondary N) is 2. The molecule has 1 saturated carbocycles. The van der Waals surface area contributed by atoms with Gasteiger partial charge in [-0.2, -0.15) is 0 Å². The van der Waals surface area contributed by atoms with E-state index >= 15 is 0 Å². The Morgan fingerprint density at radius 3 is 2.26 bits per heavy atom. The van der Waals surface area contributed by atoms with E-state index in [9.17, 15) is 13.2 Å². The largest absolute Gasteiger partial charge is 0.369 e. The number of anilines is 1. The maximum atomic E-state index is 12.3. The molecule has 1 aromatic rings. The average molecular weight is 340 g/mol. The highest BCUT2D eigenvalue weighted by molar-refractivity contribution is 7.89. The van der Waals surface area contributed by atoms with Crippen molar-refractivity contribution in [1.29, 1.82) is 0 Å². The minimum absolute atomic E-state index is 0.0295. The van der Waals surface area contributed by atoms with Crippen LogP contribution in [0.2, 0.25) is 0 Å². The fourth-order valence-electron chi connectivity index (χ4n) is 2.42. The molecule has 0 saturated heterocycles. The number of sulfonamides is 1. The van der Waals surface area contributed by atoms with Crippen LogP contribution in [0, 0.1) is 0 Å². The quantitative estimate of drug-likeness (QED) is 0.832. The van der Waals surface area contributed by atoms with Crippen LogP contribution in [0.25, 0.3) is 0 Å². The van der Waals surface area contributed by atoms with E-state index in [1.54, 1.807) is 26.0 Å². The van der Waals surface area contributed by atoms with Crippen molar-refractivity contribution in [2.75, 3.05) is 12.4 Å². The van der Waals surface area contributed by atoms with Crippen molar-refractivity contribution in [3.8, 4) is 0 Å². The third-order valence-corrected chi connectivity index (χ3v) is 5.69. The molecule has 1 amide bonds. The number of amides is 1. The molecule has 6 nitrogen and oxygen atoms in total. The predicted molar refractivity (Wildman–Crippen MR) is 88.7 cm³/mol. The van der Waals surface area contributed by atoms with E-state index in [-0.39, 0.29) is 16.8 Å². The monoisotopic (exact) mass is 340 g/mol. The zero-order chi connectivity index (χ0) is 17.1. The van der Waals surface area contributed by atoms with Crippen molar-refractivity contribution >= 4 is 21.6 Å². The minimum atomic E-state index is -3.51. The van der Waals surface area contributed by atoms with E-state index < -0.39 is 15.6 Å². The lowest BCUT2D eigenvalue weighted by Crippen LogP contribution is -2.38. The number of rotatable bonds is 6. The molecular weight excluding hydrogens is 316 g/mol. The van der Waals surface area contributed by atoms with E-state index in [2.05, 4.69) is 10.0 Å². The Morgan fingerprint density at radius 2 is 1.74 bits per heavy atom. The SMILES string of the molecule is COC(C)(C)C(=O)Nc1ccc(S(=O)(=O)NC2CCCC2)cc1. The van der Waals surface area contributed by atoms with Gasteiger partial charge in [-0.1, -0.05) is 12.8 Å². The highest BCUT2D eigenvalue weighted by Gasteiger charge is 2.27. The Labute approximate surface area is 137 Å². The Hall–Kier alpha value is -1.44. The number of hydrogen-bond acceptors (Lipinski definition) is 4. The van der Waals surface area contributed by atoms with Crippen LogP contribution in [0.3, 0.4) is 0 Å². The minimum Gasteiger partial charge on any atom is -0.369 e. The summed E-state index contributed by atoms with van der Waals surface area (Å²) >= 11 is 0. The van der Waals surface area contributed by atoms with Gasteiger partial charge in [-0.25, -0.2) is 13.1 Å². The lowest BCUT2D eigenvalue weighted by atomic mass is 10.1. The summed E-state index contributed by atoms with van der Waals surface area (Å²) in [7, 11) is -2.05. The first-order valence-electron chi connectivity index (χ1n) is 7.73. The number of benzene rings is 1. The summed E-state index contributed by atoms with van der Waals surface area (Å²) in [5, 5.41) is 2.71. The molecule has 7 heteroatoms. The Kier molecular flexibility index (Phi) is 5.44. The van der Waals surface area contributed by atoms with Gasteiger partial charge in [0.25, 0.3) is 5.91 Å². The van der Waals surface area contributed by atoms with Crippen molar-refractivity contribution in [3.63, 3.8) is 0 Å². The molecule has 0 aromatic heterocycles. The van der Waals surface area contributed by atoms with Gasteiger partial charge in [-0.15, -0.1) is 0 Å². The molecule has 0 heterocycles. The lowest BCUT2D eigenvalue weighted by molar-refractivity contribution is -0.133. The zero-order valence-electron chi connectivity index (χ0n) is 13.8. The molecule has 1 aliphatic rings. The fourth-order valence-corrected chi connectivity index (χ4v) is 3.73. The third kappa shape index (κ3) is 4.53. The summed E-state index contributed by atoms with van der Waals surface area (Å²) in [5.41, 5.74) is -0.422. The van der Waals surface area contributed by atoms with Crippen molar-refractivity contribution in [2.45, 2.75) is 56.1 Å². The molecule has 128 valence electrons. The van der Waals surface area contributed by atoms with Crippen LogP contribution >= 0.6 is 0 Å². The standard InChI is InChI=1S/C16H24N2O4S/c1-16(2,22-3)15(19)17-12-8-10-14(11-9-12)23(20,21)18-13-6-4-5-7-13/h8-11,13,18H,4-7H2,1-3H3,(H,17,19). The van der Waals surface area contributed by atoms with Crippen LogP contribution in [0.1, 0.15) is 39.5 Å². The summed E-state index contributed by atoms with van der Waals surface area (Å²) < 4.78 is 32.5. The predicted octanol–water partition coefficient (Wildman–Crippen LogP) is 2.27. The molecule has 1 aromatic carbocycles. The molecule has 0 bridgehead atoms. The van der Waals surface area contributed by atoms with E-state index in [1.807, 2.05) is 0 Å². The van der Waals surface area contributed by atoms with Crippen LogP contribution in [0.15, 0.2) is 29.2 Å². The first kappa shape index (κ1) is 17.9. The Balaban J connectivity index is 2.05. The smallest absolute Gasteiger partial charge is 0.256 e. The van der Waals surface area contributed by atoms with Crippen LogP contribution in [-0.4, -0.2) is 33.1 Å². The summed E-state index contributed by atoms with van der Waals surface area (Å²) in [6, 6.07) is 6.17. The van der Waals surface area contributed by atoms with Crippen molar-refractivity contribution in [2.24, 2.45) is 0 Å². The molecule has 0 unspecified atom stereocenters. The molecule has 1 fully saturated rings. The third-order valence-electron chi connectivity index (χ3n) is 4.16. The van der Waals surface area contributed by atoms with Gasteiger partial charge in [-0.3, -0.25) is 4.79 Å². The van der Waals surface area contributed by atoms with E-state index in [4.69, 9.17) is 4.74 Å². The Morgan fingerprint density at radius 1 is 1.17 bits per heavy atom. The highest BCUT2D eigenvalue weighted by Crippen LogP contribution is 2.21. The van der Waals surface area contributed by atoms with Gasteiger partial charge in [0.05, 0.1) is 4.90 Å². The maximum Gasteiger partial charge on any atom is 0.256 e. The van der Waals surface area contributed by atoms with Gasteiger partial charge in [0, 0.05) is 18.8 Å². The first-order valence-corrected chi connectivity index (χ1v) is 9.22. The second kappa shape index (κ2) is 6.98. The average Bonchev–Trinajstić information content (AvgIpc) is 3.00. The Bertz CT molecular complexity index is 647. The molecule has 0 spiro atoms. The summed E-state index contributed by atoms with van der Waals surface area (Å²) in [4.78, 5) is 12.2. The molecule has 0 atom stereocenters. The van der Waals surface area contributed by atoms with Crippen molar-refractivity contribution < 1.29 is 17.9 Å². The number of carbonyl (C=O) groups is 1. The molecule has 2 N–H and O–H groups in total. The second-order valence-corrected chi connectivity index (χ2v) is 8.01. The van der Waals surface area contributed by atoms with E-state index in [0.717, 1.165) is 25.7 Å². The summed E-state index contributed by atoms with van der Waals surface area (Å²) in [6.45, 7) is 3.32. The van der Waals surface area contributed by atoms with E-state index in [1.165, 1.54) is 19.2 Å². The number of methoxy groups -OCH3 is 1. The van der Waals surface area contributed by atoms with Crippen LogP contribution in [0.5, 0.6) is 0 Å². The van der Waals surface area contributed by atoms with Crippen molar-refractivity contribution in [1.82, 2.24) is 4.72 Å². The number of hydrogen-bond donors (Lipinski definition) is 2. The molecule has 23 heavy (non-hydrogen) atoms. The van der Waals surface area contributed by atoms with Gasteiger partial charge >= 0.3 is 0 Å². The fraction of sp³-hybridized carbons (Fsp3) is 0.562. The van der Waals surface area contributed by atoms with Crippen LogP contribution < -0.4 is 10.0 Å². The normalized spacial score (nSPS) is 16.5. The van der Waals surface area contributed by atoms with Gasteiger partial charge in [-0.05, 0) is 51.0 Å². The number of carbonyl (C=O) groups excluding carboxylic acids is 1. The molecule has 0 aliphatic heterocycles. The lowest BCUT2D eigenvalue weighted by Gasteiger charge is -2.21. The van der Waals surface area contributed by atoms with Gasteiger partial charge in [0.2, 0.25) is 10.0 Å². The first-order chi connectivity index (χ1) is 10.7. The summed E-state index contributed by atoms with van der Waals surface area (Å²) in [5.74, 6) is -0.292. The zero-order valence-corrected chi connectivity index (χ0v) is 14.6. The summed E-state index contributed by atoms with van der Waals surface area (Å²) in [6.07, 6.45) is 3.90. The van der Waals surface area contributed by atoms with Crippen molar-refractivity contribution in [3.05, 3.63) is 24.3 Å². The van der Waals surface area contributed by atoms with Gasteiger partial charge < -0.3 is 10.1 Å². The van der Waals surface area contributed by atoms with Gasteiger partial charge in [0.1, 0.15) is 5.60 Å². The van der Waals surface area contributed by atoms with Crippen LogP contribution in [0.4, 0.5) is 5.69 Å². The maximum absolute atomic E-state index is 12.3. The van der Waals surface area contributed by atoms with Gasteiger partial charge in [0.15, 0.2) is 0 Å². The van der Waals surface area contributed by atoms with Crippen LogP contribution in [-0.2, 0) is 19.6 Å². The highest BCUT2D eigenvalue weighted by atomic mass is 32.2.